The summed E-state index contributed by atoms with van der Waals surface area (Å²) in [5, 5.41) is 13.7. The highest BCUT2D eigenvalue weighted by atomic mass is 32.2. The van der Waals surface area contributed by atoms with E-state index in [1.165, 1.54) is 30.3 Å². The molecule has 1 N–H and O–H groups in total. The van der Waals surface area contributed by atoms with Gasteiger partial charge in [0, 0.05) is 12.1 Å². The predicted molar refractivity (Wildman–Crippen MR) is 128 cm³/mol. The second kappa shape index (κ2) is 9.41. The number of carbonyl (C=O) groups is 1. The fourth-order valence-electron chi connectivity index (χ4n) is 3.21. The lowest BCUT2D eigenvalue weighted by Gasteiger charge is -2.25. The Kier molecular flexibility index (Phi) is 6.83. The summed E-state index contributed by atoms with van der Waals surface area (Å²) in [5.41, 5.74) is 3.83. The molecule has 9 heteroatoms. The molecule has 0 heterocycles. The summed E-state index contributed by atoms with van der Waals surface area (Å²) in [6.45, 7) is 6.83. The van der Waals surface area contributed by atoms with Gasteiger partial charge in [0.2, 0.25) is 5.91 Å². The zero-order chi connectivity index (χ0) is 24.3. The Bertz CT molecular complexity index is 1320. The molecule has 8 nitrogen and oxygen atoms in total. The van der Waals surface area contributed by atoms with Crippen LogP contribution in [0.5, 0.6) is 0 Å². The minimum atomic E-state index is -4.06. The van der Waals surface area contributed by atoms with E-state index in [2.05, 4.69) is 5.32 Å². The number of nitrogens with zero attached hydrogens (tertiary/aromatic N) is 2. The number of sulfonamides is 1. The van der Waals surface area contributed by atoms with E-state index in [1.54, 1.807) is 37.3 Å². The van der Waals surface area contributed by atoms with Gasteiger partial charge in [0.1, 0.15) is 6.54 Å². The molecule has 3 rings (SSSR count). The van der Waals surface area contributed by atoms with Gasteiger partial charge in [0.15, 0.2) is 0 Å². The Morgan fingerprint density at radius 2 is 1.55 bits per heavy atom. The van der Waals surface area contributed by atoms with Crippen LogP contribution in [0.15, 0.2) is 65.6 Å². The number of amides is 1. The third-order valence-electron chi connectivity index (χ3n) is 5.38. The number of rotatable bonds is 7. The third-order valence-corrected chi connectivity index (χ3v) is 7.17. The average Bonchev–Trinajstić information content (AvgIpc) is 2.75. The second-order valence-electron chi connectivity index (χ2n) is 7.90. The van der Waals surface area contributed by atoms with Gasteiger partial charge in [-0.15, -0.1) is 0 Å². The molecule has 0 aliphatic carbocycles. The van der Waals surface area contributed by atoms with Gasteiger partial charge in [0.25, 0.3) is 15.7 Å². The highest BCUT2D eigenvalue weighted by molar-refractivity contribution is 7.92. The Balaban J connectivity index is 1.99. The number of non-ortho nitro benzene ring substituents is 1. The van der Waals surface area contributed by atoms with E-state index in [9.17, 15) is 23.3 Å². The third kappa shape index (κ3) is 5.38. The van der Waals surface area contributed by atoms with Crippen molar-refractivity contribution < 1.29 is 18.1 Å². The van der Waals surface area contributed by atoms with Crippen LogP contribution < -0.4 is 9.62 Å². The van der Waals surface area contributed by atoms with Gasteiger partial charge in [-0.3, -0.25) is 19.2 Å². The van der Waals surface area contributed by atoms with Crippen molar-refractivity contribution in [3.05, 3.63) is 93.0 Å². The summed E-state index contributed by atoms with van der Waals surface area (Å²) in [4.78, 5) is 23.5. The van der Waals surface area contributed by atoms with Crippen LogP contribution in [0, 0.1) is 37.8 Å². The first-order valence-corrected chi connectivity index (χ1v) is 11.6. The van der Waals surface area contributed by atoms with Gasteiger partial charge in [0.05, 0.1) is 21.2 Å². The number of aryl methyl sites for hydroxylation is 4. The van der Waals surface area contributed by atoms with Gasteiger partial charge in [-0.2, -0.15) is 0 Å². The van der Waals surface area contributed by atoms with Crippen molar-refractivity contribution in [1.29, 1.82) is 0 Å². The number of benzene rings is 3. The molecule has 0 saturated carbocycles. The molecule has 172 valence electrons. The number of hydrogen-bond donors (Lipinski definition) is 1. The van der Waals surface area contributed by atoms with Crippen LogP contribution in [0.1, 0.15) is 22.3 Å². The summed E-state index contributed by atoms with van der Waals surface area (Å²) in [6, 6.07) is 15.7. The molecule has 3 aromatic rings. The first-order valence-electron chi connectivity index (χ1n) is 10.2. The fraction of sp³-hybridized carbons (Fsp3) is 0.208. The average molecular weight is 468 g/mol. The number of nitro benzene ring substituents is 1. The number of anilines is 2. The molecular weight excluding hydrogens is 442 g/mol. The minimum Gasteiger partial charge on any atom is -0.324 e. The van der Waals surface area contributed by atoms with Crippen LogP contribution >= 0.6 is 0 Å². The summed E-state index contributed by atoms with van der Waals surface area (Å²) < 4.78 is 28.0. The van der Waals surface area contributed by atoms with E-state index >= 15 is 0 Å². The molecule has 33 heavy (non-hydrogen) atoms. The van der Waals surface area contributed by atoms with Crippen molar-refractivity contribution >= 4 is 33.0 Å². The van der Waals surface area contributed by atoms with E-state index in [4.69, 9.17) is 0 Å². The normalized spacial score (nSPS) is 11.2. The zero-order valence-electron chi connectivity index (χ0n) is 18.8. The van der Waals surface area contributed by atoms with Gasteiger partial charge in [-0.1, -0.05) is 29.8 Å². The number of nitrogens with one attached hydrogen (secondary N) is 1. The van der Waals surface area contributed by atoms with Crippen LogP contribution in [0.4, 0.5) is 17.1 Å². The van der Waals surface area contributed by atoms with Crippen LogP contribution in [0.2, 0.25) is 0 Å². The largest absolute Gasteiger partial charge is 0.324 e. The number of hydrogen-bond acceptors (Lipinski definition) is 5. The maximum absolute atomic E-state index is 13.5. The molecule has 0 aliphatic rings. The summed E-state index contributed by atoms with van der Waals surface area (Å²) in [5.74, 6) is -0.618. The van der Waals surface area contributed by atoms with E-state index in [-0.39, 0.29) is 16.3 Å². The first kappa shape index (κ1) is 23.9. The molecule has 0 aromatic heterocycles. The molecule has 0 atom stereocenters. The van der Waals surface area contributed by atoms with Gasteiger partial charge >= 0.3 is 0 Å². The monoisotopic (exact) mass is 467 g/mol. The van der Waals surface area contributed by atoms with Crippen molar-refractivity contribution in [3.63, 3.8) is 0 Å². The van der Waals surface area contributed by atoms with Crippen LogP contribution in [0.25, 0.3) is 0 Å². The molecule has 3 aromatic carbocycles. The standard InChI is InChI=1S/C24H25N3O5S/c1-16-5-11-22(12-6-16)33(31,32)26(20-9-7-17(2)19(4)13-20)15-24(28)25-23-14-21(27(29)30)10-8-18(23)3/h5-14H,15H2,1-4H3,(H,25,28). The lowest BCUT2D eigenvalue weighted by molar-refractivity contribution is -0.384. The zero-order valence-corrected chi connectivity index (χ0v) is 19.6. The molecule has 0 radical (unpaired) electrons. The second-order valence-corrected chi connectivity index (χ2v) is 9.76. The van der Waals surface area contributed by atoms with E-state index in [0.29, 0.717) is 11.3 Å². The van der Waals surface area contributed by atoms with Crippen molar-refractivity contribution in [3.8, 4) is 0 Å². The van der Waals surface area contributed by atoms with E-state index in [0.717, 1.165) is 21.0 Å². The Labute approximate surface area is 193 Å². The smallest absolute Gasteiger partial charge is 0.271 e. The highest BCUT2D eigenvalue weighted by Gasteiger charge is 2.28. The molecular formula is C24H25N3O5S. The lowest BCUT2D eigenvalue weighted by atomic mass is 10.1. The molecule has 0 bridgehead atoms. The quantitative estimate of drug-likeness (QED) is 0.401. The summed E-state index contributed by atoms with van der Waals surface area (Å²) >= 11 is 0. The van der Waals surface area contributed by atoms with Crippen LogP contribution in [-0.4, -0.2) is 25.8 Å². The van der Waals surface area contributed by atoms with Crippen molar-refractivity contribution in [2.24, 2.45) is 0 Å². The molecule has 0 fully saturated rings. The van der Waals surface area contributed by atoms with Crippen LogP contribution in [0.3, 0.4) is 0 Å². The Morgan fingerprint density at radius 1 is 0.909 bits per heavy atom. The summed E-state index contributed by atoms with van der Waals surface area (Å²) in [7, 11) is -4.06. The van der Waals surface area contributed by atoms with Gasteiger partial charge < -0.3 is 5.32 Å². The highest BCUT2D eigenvalue weighted by Crippen LogP contribution is 2.27. The maximum Gasteiger partial charge on any atom is 0.271 e. The van der Waals surface area contributed by atoms with Crippen molar-refractivity contribution in [1.82, 2.24) is 0 Å². The fourth-order valence-corrected chi connectivity index (χ4v) is 4.62. The number of nitro groups is 1. The Morgan fingerprint density at radius 3 is 2.15 bits per heavy atom. The molecule has 0 saturated heterocycles. The SMILES string of the molecule is Cc1ccc(S(=O)(=O)N(CC(=O)Nc2cc([N+](=O)[O-])ccc2C)c2ccc(C)c(C)c2)cc1. The lowest BCUT2D eigenvalue weighted by Crippen LogP contribution is -2.38. The van der Waals surface area contributed by atoms with E-state index in [1.807, 2.05) is 20.8 Å². The molecule has 1 amide bonds. The van der Waals surface area contributed by atoms with E-state index < -0.39 is 27.4 Å². The molecule has 0 aliphatic heterocycles. The Hall–Kier alpha value is -3.72. The topological polar surface area (TPSA) is 110 Å². The van der Waals surface area contributed by atoms with Gasteiger partial charge in [-0.25, -0.2) is 8.42 Å². The van der Waals surface area contributed by atoms with Gasteiger partial charge in [-0.05, 0) is 68.7 Å². The maximum atomic E-state index is 13.5. The minimum absolute atomic E-state index is 0.0608. The van der Waals surface area contributed by atoms with Crippen molar-refractivity contribution in [2.45, 2.75) is 32.6 Å². The first-order chi connectivity index (χ1) is 15.5. The number of carbonyl (C=O) groups excluding carboxylic acids is 1. The summed E-state index contributed by atoms with van der Waals surface area (Å²) in [6.07, 6.45) is 0. The molecule has 0 spiro atoms. The molecule has 0 unspecified atom stereocenters. The van der Waals surface area contributed by atoms with Crippen LogP contribution in [-0.2, 0) is 14.8 Å². The van der Waals surface area contributed by atoms with Crippen molar-refractivity contribution in [2.75, 3.05) is 16.2 Å². The predicted octanol–water partition coefficient (Wildman–Crippen LogP) is 4.66.